The lowest BCUT2D eigenvalue weighted by Gasteiger charge is -2.01. The molecule has 0 atom stereocenters. The molecule has 3 heteroatoms. The second-order valence-electron chi connectivity index (χ2n) is 7.24. The summed E-state index contributed by atoms with van der Waals surface area (Å²) in [5, 5.41) is 0. The lowest BCUT2D eigenvalue weighted by molar-refractivity contribution is 0.774. The first kappa shape index (κ1) is 22.5. The highest BCUT2D eigenvalue weighted by Crippen LogP contribution is 2.11. The van der Waals surface area contributed by atoms with E-state index in [9.17, 15) is 0 Å². The van der Waals surface area contributed by atoms with Gasteiger partial charge in [-0.25, -0.2) is 9.97 Å². The lowest BCUT2D eigenvalue weighted by Crippen LogP contribution is -1.93. The molecular weight excluding hydrogens is 330 g/mol. The second-order valence-corrected chi connectivity index (χ2v) is 7.24. The normalized spacial score (nSPS) is 10.1. The third-order valence-corrected chi connectivity index (χ3v) is 3.85. The van der Waals surface area contributed by atoms with Crippen molar-refractivity contribution < 1.29 is 0 Å². The van der Waals surface area contributed by atoms with E-state index in [4.69, 9.17) is 0 Å². The van der Waals surface area contributed by atoms with Gasteiger partial charge in [-0.15, -0.1) is 0 Å². The van der Waals surface area contributed by atoms with Gasteiger partial charge in [-0.3, -0.25) is 4.98 Å². The van der Waals surface area contributed by atoms with E-state index in [1.807, 2.05) is 36.5 Å². The molecule has 0 unspecified atom stereocenters. The van der Waals surface area contributed by atoms with Crippen LogP contribution in [0.1, 0.15) is 76.4 Å². The summed E-state index contributed by atoms with van der Waals surface area (Å²) in [5.41, 5.74) is 2.58. The van der Waals surface area contributed by atoms with Crippen molar-refractivity contribution in [3.63, 3.8) is 0 Å². The molecule has 0 saturated carbocycles. The molecule has 3 nitrogen and oxygen atoms in total. The molecule has 2 aromatic heterocycles. The van der Waals surface area contributed by atoms with E-state index < -0.39 is 0 Å². The van der Waals surface area contributed by atoms with E-state index in [0.717, 1.165) is 11.5 Å². The maximum Gasteiger partial charge on any atom is 0.130 e. The van der Waals surface area contributed by atoms with Crippen molar-refractivity contribution in [2.45, 2.75) is 59.3 Å². The molecule has 0 N–H and O–H groups in total. The molecular formula is C24H33N3. The second kappa shape index (κ2) is 12.7. The zero-order chi connectivity index (χ0) is 20.1. The number of benzene rings is 1. The van der Waals surface area contributed by atoms with Gasteiger partial charge in [-0.2, -0.15) is 0 Å². The van der Waals surface area contributed by atoms with E-state index in [1.165, 1.54) is 5.56 Å². The van der Waals surface area contributed by atoms with Crippen LogP contribution in [0.25, 0.3) is 0 Å². The molecule has 1 aromatic carbocycles. The molecule has 0 bridgehead atoms. The number of rotatable bonds is 3. The summed E-state index contributed by atoms with van der Waals surface area (Å²) in [5.74, 6) is 2.56. The Bertz CT molecular complexity index is 605. The van der Waals surface area contributed by atoms with Crippen LogP contribution in [0.5, 0.6) is 0 Å². The Morgan fingerprint density at radius 1 is 0.519 bits per heavy atom. The number of hydrogen-bond donors (Lipinski definition) is 0. The number of pyridine rings is 1. The Morgan fingerprint density at radius 2 is 1.07 bits per heavy atom. The fourth-order valence-electron chi connectivity index (χ4n) is 2.16. The van der Waals surface area contributed by atoms with Crippen LogP contribution >= 0.6 is 0 Å². The van der Waals surface area contributed by atoms with E-state index in [2.05, 4.69) is 80.8 Å². The predicted molar refractivity (Wildman–Crippen MR) is 115 cm³/mol. The maximum atomic E-state index is 4.18. The first-order valence-electron chi connectivity index (χ1n) is 9.64. The van der Waals surface area contributed by atoms with Gasteiger partial charge < -0.3 is 0 Å². The highest BCUT2D eigenvalue weighted by Gasteiger charge is 1.97. The van der Waals surface area contributed by atoms with E-state index in [-0.39, 0.29) is 0 Å². The lowest BCUT2D eigenvalue weighted by atomic mass is 10.0. The summed E-state index contributed by atoms with van der Waals surface area (Å²) in [6.45, 7) is 12.8. The first-order chi connectivity index (χ1) is 12.9. The summed E-state index contributed by atoms with van der Waals surface area (Å²) >= 11 is 0. The van der Waals surface area contributed by atoms with Crippen LogP contribution in [0, 0.1) is 0 Å². The Kier molecular flexibility index (Phi) is 10.6. The van der Waals surface area contributed by atoms with Gasteiger partial charge in [0.05, 0.1) is 0 Å². The van der Waals surface area contributed by atoms with Crippen molar-refractivity contribution in [1.82, 2.24) is 15.0 Å². The Balaban J connectivity index is 0.000000202. The van der Waals surface area contributed by atoms with Gasteiger partial charge in [0.15, 0.2) is 0 Å². The summed E-state index contributed by atoms with van der Waals surface area (Å²) in [4.78, 5) is 12.3. The van der Waals surface area contributed by atoms with Gasteiger partial charge in [0, 0.05) is 30.2 Å². The van der Waals surface area contributed by atoms with Crippen LogP contribution in [0.3, 0.4) is 0 Å². The van der Waals surface area contributed by atoms with Crippen molar-refractivity contribution in [2.24, 2.45) is 0 Å². The minimum Gasteiger partial charge on any atom is -0.261 e. The van der Waals surface area contributed by atoms with Gasteiger partial charge in [0.2, 0.25) is 0 Å². The van der Waals surface area contributed by atoms with Crippen LogP contribution in [0.2, 0.25) is 0 Å². The molecule has 0 radical (unpaired) electrons. The molecule has 0 aliphatic carbocycles. The van der Waals surface area contributed by atoms with Gasteiger partial charge in [-0.1, -0.05) is 77.9 Å². The largest absolute Gasteiger partial charge is 0.261 e. The standard InChI is InChI=1S/C9H12.C8H11N.C7H10N2/c1-8(2)9-6-4-3-5-7-9;1-7(2)8-5-3-4-6-9-8;1-6(2)7-8-4-3-5-9-7/h3-8H,1-2H3;3-7H,1-2H3;3-6H,1-2H3. The smallest absolute Gasteiger partial charge is 0.130 e. The van der Waals surface area contributed by atoms with Gasteiger partial charge in [0.25, 0.3) is 0 Å². The average Bonchev–Trinajstić information content (AvgIpc) is 2.71. The average molecular weight is 364 g/mol. The van der Waals surface area contributed by atoms with Crippen LogP contribution < -0.4 is 0 Å². The first-order valence-corrected chi connectivity index (χ1v) is 9.64. The minimum absolute atomic E-state index is 0.436. The summed E-state index contributed by atoms with van der Waals surface area (Å²) in [6.07, 6.45) is 5.36. The molecule has 3 aromatic rings. The van der Waals surface area contributed by atoms with Crippen molar-refractivity contribution in [3.05, 3.63) is 90.3 Å². The molecule has 144 valence electrons. The van der Waals surface area contributed by atoms with Crippen LogP contribution in [-0.2, 0) is 0 Å². The highest BCUT2D eigenvalue weighted by atomic mass is 14.9. The molecule has 0 aliphatic heterocycles. The predicted octanol–water partition coefficient (Wildman–Crippen LogP) is 6.62. The van der Waals surface area contributed by atoms with Crippen LogP contribution in [-0.4, -0.2) is 15.0 Å². The molecule has 0 amide bonds. The molecule has 0 saturated heterocycles. The molecule has 3 rings (SSSR count). The molecule has 0 spiro atoms. The molecule has 0 fully saturated rings. The summed E-state index contributed by atoms with van der Waals surface area (Å²) in [6, 6.07) is 18.3. The van der Waals surface area contributed by atoms with Crippen LogP contribution in [0.15, 0.2) is 73.2 Å². The van der Waals surface area contributed by atoms with E-state index in [1.54, 1.807) is 12.4 Å². The van der Waals surface area contributed by atoms with E-state index >= 15 is 0 Å². The minimum atomic E-state index is 0.436. The third-order valence-electron chi connectivity index (χ3n) is 3.85. The fraction of sp³-hybridized carbons (Fsp3) is 0.375. The Hall–Kier alpha value is -2.55. The van der Waals surface area contributed by atoms with Crippen molar-refractivity contribution in [1.29, 1.82) is 0 Å². The van der Waals surface area contributed by atoms with Gasteiger partial charge in [-0.05, 0) is 35.6 Å². The Labute approximate surface area is 165 Å². The van der Waals surface area contributed by atoms with Crippen LogP contribution in [0.4, 0.5) is 0 Å². The zero-order valence-corrected chi connectivity index (χ0v) is 17.5. The van der Waals surface area contributed by atoms with Gasteiger partial charge >= 0.3 is 0 Å². The van der Waals surface area contributed by atoms with Crippen molar-refractivity contribution in [3.8, 4) is 0 Å². The Morgan fingerprint density at radius 3 is 1.41 bits per heavy atom. The van der Waals surface area contributed by atoms with Crippen molar-refractivity contribution >= 4 is 0 Å². The molecule has 0 aliphatic rings. The fourth-order valence-corrected chi connectivity index (χ4v) is 2.16. The number of nitrogens with zero attached hydrogens (tertiary/aromatic N) is 3. The SMILES string of the molecule is CC(C)c1ccccc1.CC(C)c1ccccn1.CC(C)c1ncccn1. The number of aromatic nitrogens is 3. The summed E-state index contributed by atoms with van der Waals surface area (Å²) in [7, 11) is 0. The monoisotopic (exact) mass is 363 g/mol. The van der Waals surface area contributed by atoms with E-state index in [0.29, 0.717) is 17.8 Å². The quantitative estimate of drug-likeness (QED) is 0.525. The summed E-state index contributed by atoms with van der Waals surface area (Å²) < 4.78 is 0. The zero-order valence-electron chi connectivity index (χ0n) is 17.5. The number of hydrogen-bond acceptors (Lipinski definition) is 3. The molecule has 27 heavy (non-hydrogen) atoms. The maximum absolute atomic E-state index is 4.18. The third kappa shape index (κ3) is 9.64. The van der Waals surface area contributed by atoms with Gasteiger partial charge in [0.1, 0.15) is 5.82 Å². The molecule has 2 heterocycles. The topological polar surface area (TPSA) is 38.7 Å². The highest BCUT2D eigenvalue weighted by molar-refractivity contribution is 5.17. The van der Waals surface area contributed by atoms with Crippen molar-refractivity contribution in [2.75, 3.05) is 0 Å².